The molecule has 58 heavy (non-hydrogen) atoms. The Morgan fingerprint density at radius 3 is 1.62 bits per heavy atom. The Balaban J connectivity index is 1.21. The average Bonchev–Trinajstić information content (AvgIpc) is 3.58. The molecule has 0 radical (unpaired) electrons. The molecule has 1 atom stereocenters. The van der Waals surface area contributed by atoms with Gasteiger partial charge in [-0.2, -0.15) is 0 Å². The van der Waals surface area contributed by atoms with Gasteiger partial charge in [0.1, 0.15) is 0 Å². The normalized spacial score (nSPS) is 14.4. The summed E-state index contributed by atoms with van der Waals surface area (Å²) >= 11 is 0. The summed E-state index contributed by atoms with van der Waals surface area (Å²) in [5.74, 6) is 1.84. The van der Waals surface area contributed by atoms with Crippen molar-refractivity contribution in [3.63, 3.8) is 0 Å². The Hall–Kier alpha value is -7.63. The number of fused-ring (bicyclic) bond motifs is 6. The lowest BCUT2D eigenvalue weighted by atomic mass is 9.74. The maximum atomic E-state index is 5.21. The van der Waals surface area contributed by atoms with E-state index in [9.17, 15) is 0 Å². The second-order valence-corrected chi connectivity index (χ2v) is 15.0. The molecule has 0 saturated carbocycles. The van der Waals surface area contributed by atoms with Gasteiger partial charge < -0.3 is 0 Å². The van der Waals surface area contributed by atoms with Crippen LogP contribution in [0.1, 0.15) is 23.6 Å². The van der Waals surface area contributed by atoms with E-state index in [-0.39, 0.29) is 5.41 Å². The number of hydrogen-bond acceptors (Lipinski definition) is 5. The van der Waals surface area contributed by atoms with Crippen molar-refractivity contribution in [3.05, 3.63) is 211 Å². The van der Waals surface area contributed by atoms with Crippen LogP contribution in [-0.4, -0.2) is 24.9 Å². The highest BCUT2D eigenvalue weighted by molar-refractivity contribution is 6.10. The zero-order chi connectivity index (χ0) is 38.6. The fraction of sp³-hybridized carbons (Fsp3) is 0.0377. The van der Waals surface area contributed by atoms with Crippen LogP contribution < -0.4 is 0 Å². The minimum atomic E-state index is -0.333. The average molecular weight is 742 g/mol. The number of aromatic nitrogens is 5. The summed E-state index contributed by atoms with van der Waals surface area (Å²) in [6, 6.07) is 64.1. The highest BCUT2D eigenvalue weighted by atomic mass is 15.0. The van der Waals surface area contributed by atoms with E-state index in [1.165, 1.54) is 27.8 Å². The molecule has 1 aliphatic rings. The van der Waals surface area contributed by atoms with Gasteiger partial charge in [-0.25, -0.2) is 15.0 Å². The molecule has 3 heterocycles. The van der Waals surface area contributed by atoms with Crippen molar-refractivity contribution < 1.29 is 0 Å². The van der Waals surface area contributed by atoms with Gasteiger partial charge in [0.25, 0.3) is 0 Å². The van der Waals surface area contributed by atoms with Crippen LogP contribution in [0.25, 0.3) is 89.4 Å². The van der Waals surface area contributed by atoms with Gasteiger partial charge in [-0.15, -0.1) is 0 Å². The predicted octanol–water partition coefficient (Wildman–Crippen LogP) is 12.6. The van der Waals surface area contributed by atoms with Crippen LogP contribution in [0.4, 0.5) is 0 Å². The standard InChI is InChI=1S/C53H35N5/c1-53(40-21-9-4-10-22-40)45-26-12-11-23-43(45)47-41(24-13-27-46(47)53)37-30-38(44-33-36-20-14-28-54-48(36)49-42(44)25-15-29-55-49)32-39(31-37)52-57-50(34-16-5-2-6-17-34)56-51(58-52)35-18-7-3-8-19-35/h2-33H,1H3. The summed E-state index contributed by atoms with van der Waals surface area (Å²) in [6.45, 7) is 2.36. The Morgan fingerprint density at radius 2 is 0.914 bits per heavy atom. The summed E-state index contributed by atoms with van der Waals surface area (Å²) in [5.41, 5.74) is 14.8. The third-order valence-electron chi connectivity index (χ3n) is 11.7. The molecule has 3 aromatic heterocycles. The Kier molecular flexibility index (Phi) is 7.86. The summed E-state index contributed by atoms with van der Waals surface area (Å²) in [5, 5.41) is 2.06. The Bertz CT molecular complexity index is 3120. The van der Waals surface area contributed by atoms with E-state index < -0.39 is 0 Å². The second-order valence-electron chi connectivity index (χ2n) is 15.0. The number of pyridine rings is 2. The zero-order valence-corrected chi connectivity index (χ0v) is 31.7. The van der Waals surface area contributed by atoms with Crippen LogP contribution in [0.15, 0.2) is 194 Å². The van der Waals surface area contributed by atoms with Crippen molar-refractivity contribution in [3.8, 4) is 67.5 Å². The number of nitrogens with zero attached hydrogens (tertiary/aromatic N) is 5. The van der Waals surface area contributed by atoms with Crippen LogP contribution in [0.5, 0.6) is 0 Å². The van der Waals surface area contributed by atoms with Gasteiger partial charge in [-0.3, -0.25) is 9.97 Å². The number of hydrogen-bond donors (Lipinski definition) is 0. The van der Waals surface area contributed by atoms with E-state index >= 15 is 0 Å². The minimum absolute atomic E-state index is 0.333. The van der Waals surface area contributed by atoms with Crippen molar-refractivity contribution in [2.75, 3.05) is 0 Å². The fourth-order valence-electron chi connectivity index (χ4n) is 8.89. The van der Waals surface area contributed by atoms with E-state index in [0.717, 1.165) is 60.8 Å². The van der Waals surface area contributed by atoms with Gasteiger partial charge in [-0.1, -0.05) is 146 Å². The molecule has 0 saturated heterocycles. The van der Waals surface area contributed by atoms with Gasteiger partial charge in [0.15, 0.2) is 17.5 Å². The van der Waals surface area contributed by atoms with E-state index in [0.29, 0.717) is 17.5 Å². The lowest BCUT2D eigenvalue weighted by Gasteiger charge is -2.28. The minimum Gasteiger partial charge on any atom is -0.254 e. The molecule has 7 aromatic carbocycles. The second kappa shape index (κ2) is 13.5. The molecular formula is C53H35N5. The topological polar surface area (TPSA) is 64.5 Å². The number of rotatable bonds is 6. The van der Waals surface area contributed by atoms with E-state index in [2.05, 4.69) is 116 Å². The SMILES string of the molecule is CC1(c2ccccc2)c2ccccc2-c2c(-c3cc(-c4nc(-c5ccccc5)nc(-c5ccccc5)n4)cc(-c4cc5cccnc5c5ncccc45)c3)cccc21. The molecule has 10 aromatic rings. The first-order valence-corrected chi connectivity index (χ1v) is 19.6. The maximum absolute atomic E-state index is 5.21. The fourth-order valence-corrected chi connectivity index (χ4v) is 8.89. The smallest absolute Gasteiger partial charge is 0.164 e. The van der Waals surface area contributed by atoms with Crippen LogP contribution in [-0.2, 0) is 5.41 Å². The molecule has 1 unspecified atom stereocenters. The molecule has 0 amide bonds. The van der Waals surface area contributed by atoms with E-state index in [4.69, 9.17) is 24.9 Å². The van der Waals surface area contributed by atoms with Gasteiger partial charge in [-0.05, 0) is 93.4 Å². The first kappa shape index (κ1) is 33.7. The molecule has 1 aliphatic carbocycles. The third-order valence-corrected chi connectivity index (χ3v) is 11.7. The molecule has 272 valence electrons. The first-order valence-electron chi connectivity index (χ1n) is 19.6. The highest BCUT2D eigenvalue weighted by Crippen LogP contribution is 2.55. The molecule has 0 N–H and O–H groups in total. The summed E-state index contributed by atoms with van der Waals surface area (Å²) in [6.07, 6.45) is 3.68. The van der Waals surface area contributed by atoms with E-state index in [1.54, 1.807) is 0 Å². The molecule has 5 heteroatoms. The van der Waals surface area contributed by atoms with Crippen molar-refractivity contribution >= 4 is 21.8 Å². The van der Waals surface area contributed by atoms with Gasteiger partial charge >= 0.3 is 0 Å². The lowest BCUT2D eigenvalue weighted by Crippen LogP contribution is -2.22. The summed E-state index contributed by atoms with van der Waals surface area (Å²) < 4.78 is 0. The van der Waals surface area contributed by atoms with Crippen molar-refractivity contribution in [2.45, 2.75) is 12.3 Å². The molecule has 0 spiro atoms. The molecule has 11 rings (SSSR count). The monoisotopic (exact) mass is 741 g/mol. The van der Waals surface area contributed by atoms with Crippen LogP contribution >= 0.6 is 0 Å². The molecule has 5 nitrogen and oxygen atoms in total. The third kappa shape index (κ3) is 5.43. The predicted molar refractivity (Wildman–Crippen MR) is 235 cm³/mol. The molecular weight excluding hydrogens is 707 g/mol. The first-order chi connectivity index (χ1) is 28.6. The van der Waals surface area contributed by atoms with Gasteiger partial charge in [0, 0.05) is 45.3 Å². The Morgan fingerprint density at radius 1 is 0.379 bits per heavy atom. The quantitative estimate of drug-likeness (QED) is 0.159. The molecule has 0 bridgehead atoms. The molecule has 0 fully saturated rings. The maximum Gasteiger partial charge on any atom is 0.164 e. The van der Waals surface area contributed by atoms with Crippen LogP contribution in [0.2, 0.25) is 0 Å². The van der Waals surface area contributed by atoms with E-state index in [1.807, 2.05) is 85.2 Å². The zero-order valence-electron chi connectivity index (χ0n) is 31.7. The lowest BCUT2D eigenvalue weighted by molar-refractivity contribution is 0.714. The Labute approximate surface area is 336 Å². The molecule has 0 aliphatic heterocycles. The summed E-state index contributed by atoms with van der Waals surface area (Å²) in [7, 11) is 0. The summed E-state index contributed by atoms with van der Waals surface area (Å²) in [4.78, 5) is 25.1. The van der Waals surface area contributed by atoms with Crippen molar-refractivity contribution in [1.29, 1.82) is 0 Å². The van der Waals surface area contributed by atoms with Crippen molar-refractivity contribution in [2.24, 2.45) is 0 Å². The van der Waals surface area contributed by atoms with Gasteiger partial charge in [0.2, 0.25) is 0 Å². The number of benzene rings is 7. The van der Waals surface area contributed by atoms with Crippen LogP contribution in [0, 0.1) is 0 Å². The van der Waals surface area contributed by atoms with Gasteiger partial charge in [0.05, 0.1) is 11.0 Å². The largest absolute Gasteiger partial charge is 0.254 e. The highest BCUT2D eigenvalue weighted by Gasteiger charge is 2.41. The van der Waals surface area contributed by atoms with Crippen molar-refractivity contribution in [1.82, 2.24) is 24.9 Å². The van der Waals surface area contributed by atoms with Crippen LogP contribution in [0.3, 0.4) is 0 Å².